The summed E-state index contributed by atoms with van der Waals surface area (Å²) in [5, 5.41) is 0. The molecule has 3 unspecified atom stereocenters. The van der Waals surface area contributed by atoms with Crippen LogP contribution in [0.25, 0.3) is 0 Å². The summed E-state index contributed by atoms with van der Waals surface area (Å²) in [6, 6.07) is 1.74. The summed E-state index contributed by atoms with van der Waals surface area (Å²) in [7, 11) is 2.33. The highest BCUT2D eigenvalue weighted by Gasteiger charge is 2.35. The summed E-state index contributed by atoms with van der Waals surface area (Å²) in [5.74, 6) is 1.68. The first-order valence-electron chi connectivity index (χ1n) is 8.72. The lowest BCUT2D eigenvalue weighted by Gasteiger charge is -2.46. The van der Waals surface area contributed by atoms with Gasteiger partial charge in [-0.25, -0.2) is 0 Å². The summed E-state index contributed by atoms with van der Waals surface area (Å²) in [6.45, 7) is 10.8. The molecule has 3 atom stereocenters. The molecule has 0 aromatic heterocycles. The van der Waals surface area contributed by atoms with Crippen LogP contribution in [0.5, 0.6) is 0 Å². The Hall–Kier alpha value is -0.120. The Balaban J connectivity index is 1.91. The second-order valence-corrected chi connectivity index (χ2v) is 7.38. The van der Waals surface area contributed by atoms with E-state index in [0.717, 1.165) is 17.9 Å². The average Bonchev–Trinajstić information content (AvgIpc) is 2.47. The lowest BCUT2D eigenvalue weighted by molar-refractivity contribution is 0.0520. The number of nitrogens with zero attached hydrogens (tertiary/aromatic N) is 2. The first-order chi connectivity index (χ1) is 9.52. The summed E-state index contributed by atoms with van der Waals surface area (Å²) >= 11 is 0. The van der Waals surface area contributed by atoms with Gasteiger partial charge in [-0.05, 0) is 70.6 Å². The molecule has 0 aromatic carbocycles. The molecular weight excluding hydrogens is 246 g/mol. The van der Waals surface area contributed by atoms with Gasteiger partial charge in [0.05, 0.1) is 0 Å². The van der Waals surface area contributed by atoms with Crippen LogP contribution in [0.4, 0.5) is 0 Å². The number of hydrogen-bond donors (Lipinski definition) is 1. The third-order valence-corrected chi connectivity index (χ3v) is 5.96. The Labute approximate surface area is 125 Å². The van der Waals surface area contributed by atoms with Gasteiger partial charge >= 0.3 is 0 Å². The first-order valence-corrected chi connectivity index (χ1v) is 8.72. The van der Waals surface area contributed by atoms with Gasteiger partial charge in [0.15, 0.2) is 0 Å². The molecule has 2 rings (SSSR count). The quantitative estimate of drug-likeness (QED) is 0.859. The molecule has 1 aliphatic carbocycles. The number of hydrogen-bond acceptors (Lipinski definition) is 3. The van der Waals surface area contributed by atoms with E-state index in [9.17, 15) is 0 Å². The Morgan fingerprint density at radius 1 is 1.15 bits per heavy atom. The normalized spacial score (nSPS) is 34.0. The molecule has 2 N–H and O–H groups in total. The predicted molar refractivity (Wildman–Crippen MR) is 86.8 cm³/mol. The number of piperidine rings is 1. The van der Waals surface area contributed by atoms with Gasteiger partial charge in [0.1, 0.15) is 0 Å². The van der Waals surface area contributed by atoms with Gasteiger partial charge in [-0.15, -0.1) is 0 Å². The van der Waals surface area contributed by atoms with E-state index in [2.05, 4.69) is 37.6 Å². The minimum absolute atomic E-state index is 0.388. The zero-order chi connectivity index (χ0) is 14.7. The van der Waals surface area contributed by atoms with Crippen molar-refractivity contribution in [2.75, 3.05) is 26.7 Å². The fourth-order valence-electron chi connectivity index (χ4n) is 4.19. The van der Waals surface area contributed by atoms with Crippen LogP contribution in [-0.2, 0) is 0 Å². The Bertz CT molecular complexity index is 284. The van der Waals surface area contributed by atoms with Gasteiger partial charge in [-0.1, -0.05) is 20.8 Å². The van der Waals surface area contributed by atoms with Gasteiger partial charge in [0, 0.05) is 18.1 Å². The van der Waals surface area contributed by atoms with Gasteiger partial charge < -0.3 is 10.6 Å². The van der Waals surface area contributed by atoms with Crippen molar-refractivity contribution < 1.29 is 0 Å². The highest BCUT2D eigenvalue weighted by Crippen LogP contribution is 2.33. The fourth-order valence-corrected chi connectivity index (χ4v) is 4.19. The zero-order valence-corrected chi connectivity index (χ0v) is 14.0. The van der Waals surface area contributed by atoms with Crippen molar-refractivity contribution in [3.05, 3.63) is 0 Å². The van der Waals surface area contributed by atoms with Crippen LogP contribution >= 0.6 is 0 Å². The molecule has 2 aliphatic rings. The molecule has 2 fully saturated rings. The molecule has 0 radical (unpaired) electrons. The molecule has 0 spiro atoms. The highest BCUT2D eigenvalue weighted by molar-refractivity contribution is 4.92. The number of nitrogens with two attached hydrogens (primary N) is 1. The fraction of sp³-hybridized carbons (Fsp3) is 1.00. The summed E-state index contributed by atoms with van der Waals surface area (Å²) in [6.07, 6.45) is 6.49. The molecule has 1 heterocycles. The topological polar surface area (TPSA) is 32.5 Å². The van der Waals surface area contributed by atoms with Crippen molar-refractivity contribution in [2.24, 2.45) is 17.6 Å². The minimum atomic E-state index is 0.388. The minimum Gasteiger partial charge on any atom is -0.326 e. The van der Waals surface area contributed by atoms with E-state index in [1.165, 1.54) is 51.7 Å². The molecule has 0 amide bonds. The van der Waals surface area contributed by atoms with E-state index in [1.54, 1.807) is 0 Å². The van der Waals surface area contributed by atoms with Crippen LogP contribution in [0.2, 0.25) is 0 Å². The molecular formula is C17H35N3. The molecule has 0 aromatic rings. The maximum absolute atomic E-state index is 6.45. The largest absolute Gasteiger partial charge is 0.326 e. The van der Waals surface area contributed by atoms with E-state index in [1.807, 2.05) is 0 Å². The summed E-state index contributed by atoms with van der Waals surface area (Å²) < 4.78 is 0. The molecule has 20 heavy (non-hydrogen) atoms. The van der Waals surface area contributed by atoms with Gasteiger partial charge in [0.25, 0.3) is 0 Å². The van der Waals surface area contributed by atoms with Crippen LogP contribution in [0, 0.1) is 11.8 Å². The van der Waals surface area contributed by atoms with Crippen molar-refractivity contribution in [3.63, 3.8) is 0 Å². The third kappa shape index (κ3) is 3.75. The van der Waals surface area contributed by atoms with E-state index >= 15 is 0 Å². The van der Waals surface area contributed by atoms with E-state index in [-0.39, 0.29) is 0 Å². The second kappa shape index (κ2) is 7.24. The van der Waals surface area contributed by atoms with Crippen LogP contribution in [0.1, 0.15) is 52.9 Å². The highest BCUT2D eigenvalue weighted by atomic mass is 15.2. The second-order valence-electron chi connectivity index (χ2n) is 7.38. The van der Waals surface area contributed by atoms with E-state index < -0.39 is 0 Å². The van der Waals surface area contributed by atoms with Crippen LogP contribution in [0.3, 0.4) is 0 Å². The first kappa shape index (κ1) is 16.3. The lowest BCUT2D eigenvalue weighted by Crippen LogP contribution is -2.55. The zero-order valence-electron chi connectivity index (χ0n) is 14.0. The summed E-state index contributed by atoms with van der Waals surface area (Å²) in [4.78, 5) is 5.22. The molecule has 1 aliphatic heterocycles. The Morgan fingerprint density at radius 3 is 2.35 bits per heavy atom. The maximum Gasteiger partial charge on any atom is 0.0249 e. The number of likely N-dealkylation sites (N-methyl/N-ethyl adjacent to an activating group) is 1. The lowest BCUT2D eigenvalue weighted by atomic mass is 9.76. The van der Waals surface area contributed by atoms with Crippen molar-refractivity contribution >= 4 is 0 Å². The average molecular weight is 281 g/mol. The predicted octanol–water partition coefficient (Wildman–Crippen LogP) is 2.55. The van der Waals surface area contributed by atoms with Gasteiger partial charge in [-0.3, -0.25) is 4.90 Å². The van der Waals surface area contributed by atoms with Crippen LogP contribution in [-0.4, -0.2) is 54.6 Å². The Morgan fingerprint density at radius 2 is 1.80 bits per heavy atom. The van der Waals surface area contributed by atoms with Crippen molar-refractivity contribution in [1.29, 1.82) is 0 Å². The van der Waals surface area contributed by atoms with Crippen LogP contribution < -0.4 is 5.73 Å². The third-order valence-electron chi connectivity index (χ3n) is 5.96. The molecule has 1 saturated heterocycles. The molecule has 3 heteroatoms. The molecule has 1 saturated carbocycles. The number of likely N-dealkylation sites (tertiary alicyclic amines) is 1. The van der Waals surface area contributed by atoms with Gasteiger partial charge in [-0.2, -0.15) is 0 Å². The molecule has 118 valence electrons. The van der Waals surface area contributed by atoms with Gasteiger partial charge in [0.2, 0.25) is 0 Å². The van der Waals surface area contributed by atoms with E-state index in [0.29, 0.717) is 12.1 Å². The molecule has 3 nitrogen and oxygen atoms in total. The standard InChI is InChI=1S/C17H35N3/c1-5-20-10-8-15(9-11-20)19(4)17-12-14(13(2)3)6-7-16(17)18/h13-17H,5-12,18H2,1-4H3. The number of rotatable bonds is 4. The monoisotopic (exact) mass is 281 g/mol. The van der Waals surface area contributed by atoms with E-state index in [4.69, 9.17) is 5.73 Å². The SMILES string of the molecule is CCN1CCC(N(C)C2CC(C(C)C)CCC2N)CC1. The Kier molecular flexibility index (Phi) is 5.88. The van der Waals surface area contributed by atoms with Crippen molar-refractivity contribution in [3.8, 4) is 0 Å². The summed E-state index contributed by atoms with van der Waals surface area (Å²) in [5.41, 5.74) is 6.45. The van der Waals surface area contributed by atoms with Crippen LogP contribution in [0.15, 0.2) is 0 Å². The smallest absolute Gasteiger partial charge is 0.0249 e. The molecule has 0 bridgehead atoms. The maximum atomic E-state index is 6.45. The van der Waals surface area contributed by atoms with Crippen molar-refractivity contribution in [1.82, 2.24) is 9.80 Å². The van der Waals surface area contributed by atoms with Crippen molar-refractivity contribution in [2.45, 2.75) is 71.0 Å².